The molecule has 0 spiro atoms. The van der Waals surface area contributed by atoms with E-state index in [4.69, 9.17) is 10.5 Å². The third kappa shape index (κ3) is 3.13. The number of nitrogens with two attached hydrogens (primary N) is 1. The summed E-state index contributed by atoms with van der Waals surface area (Å²) in [6.07, 6.45) is 7.07. The van der Waals surface area contributed by atoms with Gasteiger partial charge in [0.25, 0.3) is 0 Å². The Morgan fingerprint density at radius 1 is 1.42 bits per heavy atom. The van der Waals surface area contributed by atoms with Crippen molar-refractivity contribution in [3.8, 4) is 0 Å². The summed E-state index contributed by atoms with van der Waals surface area (Å²) in [5.41, 5.74) is 8.93. The molecule has 0 radical (unpaired) electrons. The number of nitrogens with zero attached hydrogens (tertiary/aromatic N) is 1. The molecule has 1 saturated heterocycles. The third-order valence-corrected chi connectivity index (χ3v) is 3.69. The number of rotatable bonds is 2. The summed E-state index contributed by atoms with van der Waals surface area (Å²) in [6.45, 7) is 0.601. The number of ether oxygens (including phenoxy) is 1. The first-order valence-electron chi connectivity index (χ1n) is 6.71. The topological polar surface area (TPSA) is 84.7 Å². The molecule has 106 valence electrons. The maximum Gasteiger partial charge on any atom is 0.324 e. The van der Waals surface area contributed by atoms with Gasteiger partial charge in [0.1, 0.15) is 6.04 Å². The van der Waals surface area contributed by atoms with E-state index in [-0.39, 0.29) is 23.8 Å². The number of hydrazine groups is 1. The average Bonchev–Trinajstić information content (AvgIpc) is 2.46. The van der Waals surface area contributed by atoms with Crippen molar-refractivity contribution >= 4 is 11.9 Å². The molecule has 6 heteroatoms. The van der Waals surface area contributed by atoms with E-state index in [1.165, 1.54) is 12.1 Å². The van der Waals surface area contributed by atoms with Gasteiger partial charge >= 0.3 is 5.97 Å². The largest absolute Gasteiger partial charge is 0.468 e. The highest BCUT2D eigenvalue weighted by atomic mass is 16.5. The molecule has 0 aromatic carbocycles. The van der Waals surface area contributed by atoms with E-state index in [1.54, 1.807) is 0 Å². The van der Waals surface area contributed by atoms with Crippen LogP contribution in [-0.4, -0.2) is 42.6 Å². The molecule has 19 heavy (non-hydrogen) atoms. The minimum absolute atomic E-state index is 0.0583. The van der Waals surface area contributed by atoms with E-state index in [2.05, 4.69) is 5.43 Å². The maximum atomic E-state index is 12.4. The van der Waals surface area contributed by atoms with Gasteiger partial charge in [-0.25, -0.2) is 5.43 Å². The molecular weight excluding hydrogens is 246 g/mol. The van der Waals surface area contributed by atoms with Gasteiger partial charge in [0.05, 0.1) is 13.0 Å². The van der Waals surface area contributed by atoms with Crippen molar-refractivity contribution in [1.82, 2.24) is 10.4 Å². The number of carbonyl (C=O) groups is 2. The first-order valence-corrected chi connectivity index (χ1v) is 6.71. The van der Waals surface area contributed by atoms with Crippen molar-refractivity contribution in [3.63, 3.8) is 0 Å². The molecule has 0 aromatic heterocycles. The average molecular weight is 267 g/mol. The Balaban J connectivity index is 2.00. The van der Waals surface area contributed by atoms with Crippen LogP contribution in [0.1, 0.15) is 25.7 Å². The fraction of sp³-hybridized carbons (Fsp3) is 0.692. The first kappa shape index (κ1) is 14.0. The van der Waals surface area contributed by atoms with Gasteiger partial charge in [0.2, 0.25) is 5.91 Å². The Kier molecular flexibility index (Phi) is 4.55. The van der Waals surface area contributed by atoms with Gasteiger partial charge < -0.3 is 10.5 Å². The smallest absolute Gasteiger partial charge is 0.324 e. The van der Waals surface area contributed by atoms with Crippen LogP contribution in [0.25, 0.3) is 0 Å². The van der Waals surface area contributed by atoms with E-state index in [9.17, 15) is 9.59 Å². The Labute approximate surface area is 112 Å². The molecule has 2 rings (SSSR count). The number of allylic oxidation sites excluding steroid dienone is 1. The molecule has 1 heterocycles. The molecule has 0 bridgehead atoms. The fourth-order valence-corrected chi connectivity index (χ4v) is 2.56. The van der Waals surface area contributed by atoms with Crippen LogP contribution in [0.3, 0.4) is 0 Å². The number of amides is 1. The SMILES string of the molecule is COC(=O)[C@@H]1CCCN(C(=O)[C@H]2C=CCCC2N)N1. The highest BCUT2D eigenvalue weighted by Crippen LogP contribution is 2.20. The minimum Gasteiger partial charge on any atom is -0.468 e. The van der Waals surface area contributed by atoms with Crippen molar-refractivity contribution < 1.29 is 14.3 Å². The summed E-state index contributed by atoms with van der Waals surface area (Å²) in [7, 11) is 1.35. The van der Waals surface area contributed by atoms with Crippen molar-refractivity contribution in [2.45, 2.75) is 37.8 Å². The molecule has 2 aliphatic rings. The number of hydrogen-bond donors (Lipinski definition) is 2. The van der Waals surface area contributed by atoms with Crippen LogP contribution in [0.2, 0.25) is 0 Å². The number of methoxy groups -OCH3 is 1. The second kappa shape index (κ2) is 6.16. The van der Waals surface area contributed by atoms with E-state index < -0.39 is 6.04 Å². The fourth-order valence-electron chi connectivity index (χ4n) is 2.56. The van der Waals surface area contributed by atoms with Crippen LogP contribution >= 0.6 is 0 Å². The zero-order valence-electron chi connectivity index (χ0n) is 11.2. The molecule has 1 aliphatic carbocycles. The van der Waals surface area contributed by atoms with Crippen molar-refractivity contribution in [3.05, 3.63) is 12.2 Å². The van der Waals surface area contributed by atoms with Crippen LogP contribution in [0.5, 0.6) is 0 Å². The molecule has 1 unspecified atom stereocenters. The van der Waals surface area contributed by atoms with Gasteiger partial charge in [-0.2, -0.15) is 0 Å². The number of nitrogens with one attached hydrogen (secondary N) is 1. The molecule has 1 amide bonds. The number of hydrogen-bond acceptors (Lipinski definition) is 5. The molecule has 6 nitrogen and oxygen atoms in total. The lowest BCUT2D eigenvalue weighted by atomic mass is 9.90. The first-order chi connectivity index (χ1) is 9.13. The molecule has 3 atom stereocenters. The maximum absolute atomic E-state index is 12.4. The second-order valence-corrected chi connectivity index (χ2v) is 5.03. The number of esters is 1. The van der Waals surface area contributed by atoms with Crippen molar-refractivity contribution in [1.29, 1.82) is 0 Å². The summed E-state index contributed by atoms with van der Waals surface area (Å²) in [5.74, 6) is -0.685. The second-order valence-electron chi connectivity index (χ2n) is 5.03. The highest BCUT2D eigenvalue weighted by Gasteiger charge is 2.33. The zero-order chi connectivity index (χ0) is 13.8. The van der Waals surface area contributed by atoms with Crippen LogP contribution < -0.4 is 11.2 Å². The monoisotopic (exact) mass is 267 g/mol. The summed E-state index contributed by atoms with van der Waals surface area (Å²) < 4.78 is 4.71. The van der Waals surface area contributed by atoms with E-state index in [0.29, 0.717) is 13.0 Å². The Hall–Kier alpha value is -1.40. The van der Waals surface area contributed by atoms with Gasteiger partial charge in [-0.1, -0.05) is 12.2 Å². The van der Waals surface area contributed by atoms with Gasteiger partial charge in [-0.15, -0.1) is 0 Å². The summed E-state index contributed by atoms with van der Waals surface area (Å²) in [4.78, 5) is 23.9. The van der Waals surface area contributed by atoms with Gasteiger partial charge in [-0.3, -0.25) is 14.6 Å². The van der Waals surface area contributed by atoms with Gasteiger partial charge in [-0.05, 0) is 25.7 Å². The summed E-state index contributed by atoms with van der Waals surface area (Å²) in [5, 5.41) is 1.52. The third-order valence-electron chi connectivity index (χ3n) is 3.69. The minimum atomic E-state index is -0.438. The van der Waals surface area contributed by atoms with E-state index in [0.717, 1.165) is 19.3 Å². The standard InChI is InChI=1S/C13H21N3O3/c1-19-13(18)11-7-4-8-16(15-11)12(17)9-5-2-3-6-10(9)14/h2,5,9-11,15H,3-4,6-8,14H2,1H3/t9-,10?,11-/m0/s1. The lowest BCUT2D eigenvalue weighted by molar-refractivity contribution is -0.150. The van der Waals surface area contributed by atoms with Gasteiger partial charge in [0.15, 0.2) is 0 Å². The molecular formula is C13H21N3O3. The number of carbonyl (C=O) groups excluding carboxylic acids is 2. The zero-order valence-corrected chi connectivity index (χ0v) is 11.2. The summed E-state index contributed by atoms with van der Waals surface area (Å²) in [6, 6.07) is -0.579. The van der Waals surface area contributed by atoms with Gasteiger partial charge in [0, 0.05) is 12.6 Å². The molecule has 1 aliphatic heterocycles. The van der Waals surface area contributed by atoms with Crippen LogP contribution in [0.15, 0.2) is 12.2 Å². The van der Waals surface area contributed by atoms with Crippen LogP contribution in [0.4, 0.5) is 0 Å². The Bertz CT molecular complexity index is 383. The summed E-state index contributed by atoms with van der Waals surface area (Å²) >= 11 is 0. The molecule has 0 aromatic rings. The quantitative estimate of drug-likeness (QED) is 0.541. The molecule has 3 N–H and O–H groups in total. The Morgan fingerprint density at radius 3 is 2.89 bits per heavy atom. The highest BCUT2D eigenvalue weighted by molar-refractivity contribution is 5.82. The van der Waals surface area contributed by atoms with Crippen molar-refractivity contribution in [2.75, 3.05) is 13.7 Å². The molecule has 1 fully saturated rings. The predicted molar refractivity (Wildman–Crippen MR) is 69.7 cm³/mol. The lowest BCUT2D eigenvalue weighted by Gasteiger charge is -2.36. The lowest BCUT2D eigenvalue weighted by Crippen LogP contribution is -2.58. The normalized spacial score (nSPS) is 31.1. The van der Waals surface area contributed by atoms with Crippen molar-refractivity contribution in [2.24, 2.45) is 11.7 Å². The Morgan fingerprint density at radius 2 is 2.21 bits per heavy atom. The van der Waals surface area contributed by atoms with Crippen LogP contribution in [-0.2, 0) is 14.3 Å². The van der Waals surface area contributed by atoms with E-state index in [1.807, 2.05) is 12.2 Å². The van der Waals surface area contributed by atoms with E-state index >= 15 is 0 Å². The molecule has 0 saturated carbocycles. The predicted octanol–water partition coefficient (Wildman–Crippen LogP) is -0.0515. The van der Waals surface area contributed by atoms with Crippen LogP contribution in [0, 0.1) is 5.92 Å².